The van der Waals surface area contributed by atoms with E-state index in [4.69, 9.17) is 0 Å². The summed E-state index contributed by atoms with van der Waals surface area (Å²) in [7, 11) is 1.77. The molecular weight excluding hydrogens is 254 g/mol. The predicted octanol–water partition coefficient (Wildman–Crippen LogP) is 1.30. The van der Waals surface area contributed by atoms with Crippen molar-refractivity contribution < 1.29 is 9.59 Å². The highest BCUT2D eigenvalue weighted by Crippen LogP contribution is 2.29. The molecule has 0 aliphatic carbocycles. The van der Waals surface area contributed by atoms with Crippen molar-refractivity contribution in [2.45, 2.75) is 25.8 Å². The molecule has 3 rings (SSSR count). The van der Waals surface area contributed by atoms with Gasteiger partial charge in [-0.3, -0.25) is 9.69 Å². The largest absolute Gasteiger partial charge is 0.344 e. The van der Waals surface area contributed by atoms with E-state index in [9.17, 15) is 9.59 Å². The fourth-order valence-electron chi connectivity index (χ4n) is 2.91. The van der Waals surface area contributed by atoms with Crippen molar-refractivity contribution in [2.75, 3.05) is 25.0 Å². The van der Waals surface area contributed by atoms with Crippen LogP contribution in [0, 0.1) is 6.92 Å². The zero-order valence-corrected chi connectivity index (χ0v) is 11.8. The maximum absolute atomic E-state index is 12.4. The minimum atomic E-state index is -0.0950. The first-order chi connectivity index (χ1) is 9.54. The summed E-state index contributed by atoms with van der Waals surface area (Å²) in [5, 5.41) is 2.97. The highest BCUT2D eigenvalue weighted by Gasteiger charge is 2.31. The molecule has 0 radical (unpaired) electrons. The van der Waals surface area contributed by atoms with Gasteiger partial charge in [0, 0.05) is 32.2 Å². The minimum absolute atomic E-state index is 0.0751. The summed E-state index contributed by atoms with van der Waals surface area (Å²) in [6.07, 6.45) is 1.29. The van der Waals surface area contributed by atoms with E-state index in [1.165, 1.54) is 5.56 Å². The molecule has 106 valence electrons. The van der Waals surface area contributed by atoms with Crippen LogP contribution in [0.25, 0.3) is 0 Å². The SMILES string of the molecule is Cc1ccc2c(c1)N(C(=O)NC1CC(=O)N(C)C1)CC2. The van der Waals surface area contributed by atoms with Crippen LogP contribution in [0.5, 0.6) is 0 Å². The second-order valence-corrected chi connectivity index (χ2v) is 5.66. The highest BCUT2D eigenvalue weighted by molar-refractivity contribution is 5.95. The lowest BCUT2D eigenvalue weighted by Gasteiger charge is -2.21. The third-order valence-corrected chi connectivity index (χ3v) is 4.05. The van der Waals surface area contributed by atoms with Gasteiger partial charge in [0.15, 0.2) is 0 Å². The monoisotopic (exact) mass is 273 g/mol. The number of likely N-dealkylation sites (tertiary alicyclic amines) is 1. The lowest BCUT2D eigenvalue weighted by molar-refractivity contribution is -0.126. The zero-order valence-electron chi connectivity index (χ0n) is 11.8. The second kappa shape index (κ2) is 4.81. The van der Waals surface area contributed by atoms with Crippen LogP contribution in [0.15, 0.2) is 18.2 Å². The molecule has 5 heteroatoms. The van der Waals surface area contributed by atoms with Gasteiger partial charge >= 0.3 is 6.03 Å². The molecule has 2 aliphatic heterocycles. The number of hydrogen-bond acceptors (Lipinski definition) is 2. The van der Waals surface area contributed by atoms with Gasteiger partial charge in [0.1, 0.15) is 0 Å². The molecule has 1 aromatic carbocycles. The summed E-state index contributed by atoms with van der Waals surface area (Å²) in [6, 6.07) is 6.04. The molecule has 3 amide bonds. The second-order valence-electron chi connectivity index (χ2n) is 5.66. The summed E-state index contributed by atoms with van der Waals surface area (Å²) in [5.74, 6) is 0.0907. The molecule has 1 saturated heterocycles. The van der Waals surface area contributed by atoms with Gasteiger partial charge in [0.25, 0.3) is 0 Å². The summed E-state index contributed by atoms with van der Waals surface area (Å²) < 4.78 is 0. The number of nitrogens with one attached hydrogen (secondary N) is 1. The maximum atomic E-state index is 12.4. The number of benzene rings is 1. The van der Waals surface area contributed by atoms with Crippen LogP contribution in [0.3, 0.4) is 0 Å². The van der Waals surface area contributed by atoms with Gasteiger partial charge in [-0.1, -0.05) is 12.1 Å². The van der Waals surface area contributed by atoms with Crippen molar-refractivity contribution in [3.05, 3.63) is 29.3 Å². The number of urea groups is 1. The van der Waals surface area contributed by atoms with E-state index in [0.717, 1.165) is 17.7 Å². The van der Waals surface area contributed by atoms with E-state index in [0.29, 0.717) is 19.5 Å². The molecule has 1 atom stereocenters. The first kappa shape index (κ1) is 13.0. The molecule has 5 nitrogen and oxygen atoms in total. The number of fused-ring (bicyclic) bond motifs is 1. The number of hydrogen-bond donors (Lipinski definition) is 1. The number of aryl methyl sites for hydroxylation is 1. The van der Waals surface area contributed by atoms with Crippen molar-refractivity contribution in [1.29, 1.82) is 0 Å². The van der Waals surface area contributed by atoms with Gasteiger partial charge in [-0.25, -0.2) is 4.79 Å². The molecule has 1 fully saturated rings. The normalized spacial score (nSPS) is 21.3. The van der Waals surface area contributed by atoms with Crippen LogP contribution in [0.1, 0.15) is 17.5 Å². The molecule has 0 spiro atoms. The van der Waals surface area contributed by atoms with Gasteiger partial charge < -0.3 is 10.2 Å². The molecule has 20 heavy (non-hydrogen) atoms. The van der Waals surface area contributed by atoms with Gasteiger partial charge in [-0.2, -0.15) is 0 Å². The fourth-order valence-corrected chi connectivity index (χ4v) is 2.91. The van der Waals surface area contributed by atoms with E-state index in [1.807, 2.05) is 13.0 Å². The van der Waals surface area contributed by atoms with Crippen molar-refractivity contribution >= 4 is 17.6 Å². The first-order valence-electron chi connectivity index (χ1n) is 6.96. The molecule has 0 aromatic heterocycles. The Morgan fingerprint density at radius 3 is 2.90 bits per heavy atom. The van der Waals surface area contributed by atoms with E-state index in [-0.39, 0.29) is 18.0 Å². The average Bonchev–Trinajstić information content (AvgIpc) is 2.93. The van der Waals surface area contributed by atoms with Crippen molar-refractivity contribution in [2.24, 2.45) is 0 Å². The topological polar surface area (TPSA) is 52.7 Å². The van der Waals surface area contributed by atoms with Gasteiger partial charge in [0.05, 0.1) is 6.04 Å². The zero-order chi connectivity index (χ0) is 14.3. The average molecular weight is 273 g/mol. The molecule has 1 aromatic rings. The lowest BCUT2D eigenvalue weighted by atomic mass is 10.1. The van der Waals surface area contributed by atoms with Crippen LogP contribution >= 0.6 is 0 Å². The Labute approximate surface area is 118 Å². The van der Waals surface area contributed by atoms with Gasteiger partial charge in [-0.15, -0.1) is 0 Å². The van der Waals surface area contributed by atoms with E-state index < -0.39 is 0 Å². The molecule has 2 heterocycles. The van der Waals surface area contributed by atoms with Crippen molar-refractivity contribution in [3.8, 4) is 0 Å². The Bertz CT molecular complexity index is 570. The maximum Gasteiger partial charge on any atom is 0.322 e. The fraction of sp³-hybridized carbons (Fsp3) is 0.467. The van der Waals surface area contributed by atoms with Gasteiger partial charge in [-0.05, 0) is 30.5 Å². The van der Waals surface area contributed by atoms with Crippen LogP contribution in [0.2, 0.25) is 0 Å². The van der Waals surface area contributed by atoms with E-state index >= 15 is 0 Å². The van der Waals surface area contributed by atoms with Crippen LogP contribution in [-0.4, -0.2) is 43.0 Å². The van der Waals surface area contributed by atoms with E-state index in [2.05, 4.69) is 17.4 Å². The molecule has 2 aliphatic rings. The summed E-state index contributed by atoms with van der Waals surface area (Å²) in [5.41, 5.74) is 3.37. The lowest BCUT2D eigenvalue weighted by Crippen LogP contribution is -2.45. The molecule has 1 N–H and O–H groups in total. The Kier molecular flexibility index (Phi) is 3.12. The number of likely N-dealkylation sites (N-methyl/N-ethyl adjacent to an activating group) is 1. The highest BCUT2D eigenvalue weighted by atomic mass is 16.2. The van der Waals surface area contributed by atoms with Gasteiger partial charge in [0.2, 0.25) is 5.91 Å². The number of carbonyl (C=O) groups is 2. The first-order valence-corrected chi connectivity index (χ1v) is 6.96. The third kappa shape index (κ3) is 2.24. The standard InChI is InChI=1S/C15H19N3O2/c1-10-3-4-11-5-6-18(13(11)7-10)15(20)16-12-8-14(19)17(2)9-12/h3-4,7,12H,5-6,8-9H2,1-2H3,(H,16,20). The Morgan fingerprint density at radius 2 is 2.20 bits per heavy atom. The number of rotatable bonds is 1. The number of carbonyl (C=O) groups excluding carboxylic acids is 2. The predicted molar refractivity (Wildman–Crippen MR) is 76.8 cm³/mol. The minimum Gasteiger partial charge on any atom is -0.344 e. The Balaban J connectivity index is 1.71. The number of amides is 3. The summed E-state index contributed by atoms with van der Waals surface area (Å²) in [6.45, 7) is 3.33. The quantitative estimate of drug-likeness (QED) is 0.838. The Hall–Kier alpha value is -2.04. The number of nitrogens with zero attached hydrogens (tertiary/aromatic N) is 2. The Morgan fingerprint density at radius 1 is 1.40 bits per heavy atom. The third-order valence-electron chi connectivity index (χ3n) is 4.05. The molecule has 0 bridgehead atoms. The number of anilines is 1. The summed E-state index contributed by atoms with van der Waals surface area (Å²) in [4.78, 5) is 27.3. The van der Waals surface area contributed by atoms with Crippen LogP contribution in [0.4, 0.5) is 10.5 Å². The summed E-state index contributed by atoms with van der Waals surface area (Å²) >= 11 is 0. The smallest absolute Gasteiger partial charge is 0.322 e. The van der Waals surface area contributed by atoms with Crippen molar-refractivity contribution in [1.82, 2.24) is 10.2 Å². The molecular formula is C15H19N3O2. The van der Waals surface area contributed by atoms with Crippen LogP contribution in [-0.2, 0) is 11.2 Å². The molecule has 1 unspecified atom stereocenters. The van der Waals surface area contributed by atoms with Crippen LogP contribution < -0.4 is 10.2 Å². The van der Waals surface area contributed by atoms with Crippen molar-refractivity contribution in [3.63, 3.8) is 0 Å². The molecule has 0 saturated carbocycles. The van der Waals surface area contributed by atoms with E-state index in [1.54, 1.807) is 16.8 Å².